The zero-order valence-corrected chi connectivity index (χ0v) is 11.0. The molecule has 0 spiro atoms. The number of hydrogen-bond donors (Lipinski definition) is 1. The number of nitrogens with two attached hydrogens (primary N) is 1. The molecule has 0 bridgehead atoms. The van der Waals surface area contributed by atoms with Crippen molar-refractivity contribution in [2.24, 2.45) is 5.73 Å². The van der Waals surface area contributed by atoms with Gasteiger partial charge in [0.15, 0.2) is 6.61 Å². The van der Waals surface area contributed by atoms with Crippen LogP contribution < -0.4 is 10.5 Å². The summed E-state index contributed by atoms with van der Waals surface area (Å²) >= 11 is 6.62. The number of primary amides is 1. The Bertz CT molecular complexity index is 336. The number of alkyl halides is 2. The predicted molar refractivity (Wildman–Crippen MR) is 64.2 cm³/mol. The molecular formula is C9H10Br2N2O2. The Labute approximate surface area is 104 Å². The van der Waals surface area contributed by atoms with E-state index in [1.54, 1.807) is 12.1 Å². The number of hydrogen-bond acceptors (Lipinski definition) is 3. The highest BCUT2D eigenvalue weighted by Crippen LogP contribution is 2.17. The lowest BCUT2D eigenvalue weighted by molar-refractivity contribution is -0.119. The molecule has 82 valence electrons. The summed E-state index contributed by atoms with van der Waals surface area (Å²) in [4.78, 5) is 14.9. The van der Waals surface area contributed by atoms with Gasteiger partial charge in [-0.05, 0) is 0 Å². The summed E-state index contributed by atoms with van der Waals surface area (Å²) in [7, 11) is 0. The fraction of sp³-hybridized carbons (Fsp3) is 0.333. The first kappa shape index (κ1) is 12.4. The van der Waals surface area contributed by atoms with Gasteiger partial charge in [-0.2, -0.15) is 0 Å². The highest BCUT2D eigenvalue weighted by atomic mass is 79.9. The third-order valence-corrected chi connectivity index (χ3v) is 2.71. The monoisotopic (exact) mass is 336 g/mol. The van der Waals surface area contributed by atoms with Gasteiger partial charge in [-0.1, -0.05) is 31.9 Å². The van der Waals surface area contributed by atoms with E-state index in [9.17, 15) is 4.79 Å². The second-order valence-corrected chi connectivity index (χ2v) is 3.93. The van der Waals surface area contributed by atoms with Crippen molar-refractivity contribution in [3.63, 3.8) is 0 Å². The van der Waals surface area contributed by atoms with Crippen LogP contribution >= 0.6 is 31.9 Å². The van der Waals surface area contributed by atoms with Crippen LogP contribution in [0, 0.1) is 0 Å². The molecule has 0 aromatic carbocycles. The summed E-state index contributed by atoms with van der Waals surface area (Å²) in [5.74, 6) is 0.111. The number of ether oxygens (including phenoxy) is 1. The molecular weight excluding hydrogens is 328 g/mol. The number of rotatable bonds is 5. The molecule has 1 aromatic heterocycles. The van der Waals surface area contributed by atoms with Crippen molar-refractivity contribution in [3.8, 4) is 5.75 Å². The topological polar surface area (TPSA) is 65.2 Å². The first-order valence-electron chi connectivity index (χ1n) is 4.18. The van der Waals surface area contributed by atoms with E-state index >= 15 is 0 Å². The van der Waals surface area contributed by atoms with Gasteiger partial charge in [-0.3, -0.25) is 9.78 Å². The van der Waals surface area contributed by atoms with Crippen LogP contribution in [0.1, 0.15) is 11.4 Å². The van der Waals surface area contributed by atoms with Crippen LogP contribution in [0.4, 0.5) is 0 Å². The molecule has 0 saturated carbocycles. The molecule has 0 aliphatic rings. The first-order valence-corrected chi connectivity index (χ1v) is 6.43. The molecule has 0 atom stereocenters. The molecule has 0 unspecified atom stereocenters. The van der Waals surface area contributed by atoms with Gasteiger partial charge >= 0.3 is 0 Å². The van der Waals surface area contributed by atoms with E-state index in [1.165, 1.54) is 0 Å². The van der Waals surface area contributed by atoms with Crippen LogP contribution in [0.2, 0.25) is 0 Å². The van der Waals surface area contributed by atoms with Crippen molar-refractivity contribution in [1.29, 1.82) is 0 Å². The second kappa shape index (κ2) is 6.07. The molecule has 0 fully saturated rings. The minimum absolute atomic E-state index is 0.118. The molecule has 1 aromatic rings. The van der Waals surface area contributed by atoms with Gasteiger partial charge in [0.2, 0.25) is 0 Å². The maximum absolute atomic E-state index is 10.5. The van der Waals surface area contributed by atoms with Gasteiger partial charge in [-0.15, -0.1) is 0 Å². The number of aromatic nitrogens is 1. The van der Waals surface area contributed by atoms with E-state index < -0.39 is 5.91 Å². The number of amides is 1. The van der Waals surface area contributed by atoms with Crippen LogP contribution in [0.15, 0.2) is 12.1 Å². The van der Waals surface area contributed by atoms with Gasteiger partial charge in [0.25, 0.3) is 5.91 Å². The van der Waals surface area contributed by atoms with Crippen molar-refractivity contribution in [3.05, 3.63) is 23.5 Å². The van der Waals surface area contributed by atoms with Gasteiger partial charge < -0.3 is 10.5 Å². The number of carbonyl (C=O) groups is 1. The molecule has 0 aliphatic heterocycles. The summed E-state index contributed by atoms with van der Waals surface area (Å²) < 4.78 is 5.20. The molecule has 0 saturated heterocycles. The van der Waals surface area contributed by atoms with Gasteiger partial charge in [-0.25, -0.2) is 0 Å². The molecule has 2 N–H and O–H groups in total. The Morgan fingerprint density at radius 2 is 1.87 bits per heavy atom. The number of nitrogens with zero attached hydrogens (tertiary/aromatic N) is 1. The van der Waals surface area contributed by atoms with Crippen molar-refractivity contribution >= 4 is 37.8 Å². The van der Waals surface area contributed by atoms with E-state index in [4.69, 9.17) is 10.5 Å². The number of carbonyl (C=O) groups excluding carboxylic acids is 1. The smallest absolute Gasteiger partial charge is 0.255 e. The lowest BCUT2D eigenvalue weighted by atomic mass is 10.3. The molecule has 1 rings (SSSR count). The zero-order valence-electron chi connectivity index (χ0n) is 7.87. The normalized spacial score (nSPS) is 10.0. The average Bonchev–Trinajstić information content (AvgIpc) is 2.25. The minimum atomic E-state index is -0.493. The third kappa shape index (κ3) is 4.17. The van der Waals surface area contributed by atoms with Crippen molar-refractivity contribution in [2.45, 2.75) is 10.7 Å². The maximum atomic E-state index is 10.5. The maximum Gasteiger partial charge on any atom is 0.255 e. The molecule has 15 heavy (non-hydrogen) atoms. The van der Waals surface area contributed by atoms with Gasteiger partial charge in [0, 0.05) is 22.8 Å². The van der Waals surface area contributed by atoms with Crippen LogP contribution in [-0.4, -0.2) is 17.5 Å². The lowest BCUT2D eigenvalue weighted by Gasteiger charge is -2.06. The largest absolute Gasteiger partial charge is 0.484 e. The standard InChI is InChI=1S/C9H10Br2N2O2/c10-3-6-1-8(15-5-9(12)14)2-7(4-11)13-6/h1-2H,3-5H2,(H2,12,14). The Morgan fingerprint density at radius 1 is 1.33 bits per heavy atom. The van der Waals surface area contributed by atoms with Gasteiger partial charge in [0.1, 0.15) is 5.75 Å². The summed E-state index contributed by atoms with van der Waals surface area (Å²) in [6.45, 7) is -0.118. The Kier molecular flexibility index (Phi) is 5.04. The van der Waals surface area contributed by atoms with Crippen LogP contribution in [0.5, 0.6) is 5.75 Å². The first-order chi connectivity index (χ1) is 7.15. The van der Waals surface area contributed by atoms with Crippen LogP contribution in [0.3, 0.4) is 0 Å². The molecule has 4 nitrogen and oxygen atoms in total. The molecule has 0 radical (unpaired) electrons. The van der Waals surface area contributed by atoms with Crippen molar-refractivity contribution < 1.29 is 9.53 Å². The summed E-state index contributed by atoms with van der Waals surface area (Å²) in [5, 5.41) is 1.28. The number of pyridine rings is 1. The Balaban J connectivity index is 2.81. The quantitative estimate of drug-likeness (QED) is 0.832. The minimum Gasteiger partial charge on any atom is -0.484 e. The number of halogens is 2. The zero-order chi connectivity index (χ0) is 11.3. The summed E-state index contributed by atoms with van der Waals surface area (Å²) in [6, 6.07) is 3.54. The van der Waals surface area contributed by atoms with E-state index in [1.807, 2.05) is 0 Å². The summed E-state index contributed by atoms with van der Waals surface area (Å²) in [5.41, 5.74) is 6.69. The Morgan fingerprint density at radius 3 is 2.27 bits per heavy atom. The molecule has 1 amide bonds. The van der Waals surface area contributed by atoms with E-state index in [2.05, 4.69) is 36.8 Å². The Hall–Kier alpha value is -0.620. The van der Waals surface area contributed by atoms with Crippen LogP contribution in [0.25, 0.3) is 0 Å². The molecule has 0 aliphatic carbocycles. The highest BCUT2D eigenvalue weighted by molar-refractivity contribution is 9.08. The third-order valence-electron chi connectivity index (χ3n) is 1.56. The van der Waals surface area contributed by atoms with Crippen LogP contribution in [-0.2, 0) is 15.5 Å². The van der Waals surface area contributed by atoms with E-state index in [0.717, 1.165) is 11.4 Å². The highest BCUT2D eigenvalue weighted by Gasteiger charge is 2.03. The fourth-order valence-corrected chi connectivity index (χ4v) is 1.57. The van der Waals surface area contributed by atoms with Crippen molar-refractivity contribution in [1.82, 2.24) is 4.98 Å². The second-order valence-electron chi connectivity index (χ2n) is 2.81. The lowest BCUT2D eigenvalue weighted by Crippen LogP contribution is -2.20. The van der Waals surface area contributed by atoms with Gasteiger partial charge in [0.05, 0.1) is 11.4 Å². The molecule has 1 heterocycles. The molecule has 6 heteroatoms. The predicted octanol–water partition coefficient (Wildman–Crippen LogP) is 1.74. The van der Waals surface area contributed by atoms with Crippen molar-refractivity contribution in [2.75, 3.05) is 6.61 Å². The van der Waals surface area contributed by atoms with E-state index in [0.29, 0.717) is 16.4 Å². The average molecular weight is 338 g/mol. The summed E-state index contributed by atoms with van der Waals surface area (Å²) in [6.07, 6.45) is 0. The van der Waals surface area contributed by atoms with E-state index in [-0.39, 0.29) is 6.61 Å². The SMILES string of the molecule is NC(=O)COc1cc(CBr)nc(CBr)c1. The fourth-order valence-electron chi connectivity index (χ4n) is 0.994.